The molecule has 2 heterocycles. The Balaban J connectivity index is 1.73. The van der Waals surface area contributed by atoms with Gasteiger partial charge in [-0.25, -0.2) is 9.97 Å². The molecular formula is C17H24N3O3P. The molecule has 7 heteroatoms. The third-order valence-corrected chi connectivity index (χ3v) is 5.78. The molecule has 1 fully saturated rings. The van der Waals surface area contributed by atoms with Crippen LogP contribution in [-0.2, 0) is 4.57 Å². The molecule has 0 bridgehead atoms. The highest BCUT2D eigenvalue weighted by Crippen LogP contribution is 2.39. The Bertz CT molecular complexity index is 754. The fourth-order valence-corrected chi connectivity index (χ4v) is 4.16. The minimum Gasteiger partial charge on any atom is -0.494 e. The molecule has 6 nitrogen and oxygen atoms in total. The van der Waals surface area contributed by atoms with Crippen molar-refractivity contribution < 1.29 is 14.2 Å². The van der Waals surface area contributed by atoms with Crippen LogP contribution in [0.5, 0.6) is 5.75 Å². The maximum absolute atomic E-state index is 11.5. The average molecular weight is 349 g/mol. The van der Waals surface area contributed by atoms with Gasteiger partial charge < -0.3 is 14.5 Å². The molecule has 1 saturated heterocycles. The van der Waals surface area contributed by atoms with Crippen molar-refractivity contribution in [3.8, 4) is 5.75 Å². The average Bonchev–Trinajstić information content (AvgIpc) is 2.59. The highest BCUT2D eigenvalue weighted by atomic mass is 31.2. The summed E-state index contributed by atoms with van der Waals surface area (Å²) in [6.07, 6.45) is 4.89. The van der Waals surface area contributed by atoms with Crippen molar-refractivity contribution >= 4 is 24.1 Å². The number of ether oxygens (including phenoxy) is 1. The number of methoxy groups -OCH3 is 1. The third-order valence-electron chi connectivity index (χ3n) is 4.69. The van der Waals surface area contributed by atoms with Crippen molar-refractivity contribution in [3.05, 3.63) is 24.5 Å². The summed E-state index contributed by atoms with van der Waals surface area (Å²) in [5.41, 5.74) is 0.833. The maximum atomic E-state index is 11.5. The summed E-state index contributed by atoms with van der Waals surface area (Å²) in [6, 6.07) is 5.89. The van der Waals surface area contributed by atoms with Crippen molar-refractivity contribution in [2.75, 3.05) is 37.9 Å². The SMILES string of the molecule is COc1cccc2c(N3CCC(CCP(C)(=O)O)CC3)ncnc12. The van der Waals surface area contributed by atoms with E-state index in [1.165, 1.54) is 6.66 Å². The Hall–Kier alpha value is -1.65. The van der Waals surface area contributed by atoms with Crippen LogP contribution in [-0.4, -0.2) is 47.9 Å². The van der Waals surface area contributed by atoms with Crippen LogP contribution in [0.1, 0.15) is 19.3 Å². The lowest BCUT2D eigenvalue weighted by molar-refractivity contribution is 0.388. The lowest BCUT2D eigenvalue weighted by Crippen LogP contribution is -2.34. The molecule has 2 aromatic rings. The van der Waals surface area contributed by atoms with Gasteiger partial charge in [0.15, 0.2) is 7.37 Å². The summed E-state index contributed by atoms with van der Waals surface area (Å²) in [6.45, 7) is 3.27. The minimum absolute atomic E-state index is 0.422. The molecule has 1 unspecified atom stereocenters. The van der Waals surface area contributed by atoms with Crippen molar-refractivity contribution in [1.29, 1.82) is 0 Å². The van der Waals surface area contributed by atoms with Crippen LogP contribution in [0, 0.1) is 5.92 Å². The first-order chi connectivity index (χ1) is 11.5. The molecule has 1 aliphatic heterocycles. The largest absolute Gasteiger partial charge is 0.494 e. The molecular weight excluding hydrogens is 325 g/mol. The molecule has 1 aromatic carbocycles. The number of anilines is 1. The number of fused-ring (bicyclic) bond motifs is 1. The molecule has 0 saturated carbocycles. The molecule has 0 amide bonds. The van der Waals surface area contributed by atoms with E-state index in [0.29, 0.717) is 12.1 Å². The maximum Gasteiger partial charge on any atom is 0.197 e. The van der Waals surface area contributed by atoms with Gasteiger partial charge in [0.1, 0.15) is 23.4 Å². The van der Waals surface area contributed by atoms with Gasteiger partial charge in [0, 0.05) is 31.3 Å². The van der Waals surface area contributed by atoms with E-state index in [-0.39, 0.29) is 0 Å². The molecule has 130 valence electrons. The van der Waals surface area contributed by atoms with Crippen molar-refractivity contribution in [2.45, 2.75) is 19.3 Å². The van der Waals surface area contributed by atoms with Gasteiger partial charge in [-0.05, 0) is 37.3 Å². The lowest BCUT2D eigenvalue weighted by Gasteiger charge is -2.33. The number of para-hydroxylation sites is 1. The molecule has 1 atom stereocenters. The quantitative estimate of drug-likeness (QED) is 0.836. The molecule has 0 spiro atoms. The van der Waals surface area contributed by atoms with Gasteiger partial charge in [-0.3, -0.25) is 4.57 Å². The molecule has 0 radical (unpaired) electrons. The molecule has 24 heavy (non-hydrogen) atoms. The van der Waals surface area contributed by atoms with Crippen LogP contribution in [0.4, 0.5) is 5.82 Å². The fourth-order valence-electron chi connectivity index (χ4n) is 3.32. The Labute approximate surface area is 142 Å². The topological polar surface area (TPSA) is 75.5 Å². The molecule has 0 aliphatic carbocycles. The number of nitrogens with zero attached hydrogens (tertiary/aromatic N) is 3. The summed E-state index contributed by atoms with van der Waals surface area (Å²) in [7, 11) is -1.25. The Kier molecular flexibility index (Phi) is 5.07. The minimum atomic E-state index is -2.90. The predicted molar refractivity (Wildman–Crippen MR) is 96.3 cm³/mol. The zero-order valence-electron chi connectivity index (χ0n) is 14.2. The normalized spacial score (nSPS) is 18.5. The van der Waals surface area contributed by atoms with Crippen LogP contribution in [0.15, 0.2) is 24.5 Å². The number of hydrogen-bond acceptors (Lipinski definition) is 5. The number of rotatable bonds is 5. The lowest BCUT2D eigenvalue weighted by atomic mass is 9.94. The van der Waals surface area contributed by atoms with Crippen LogP contribution in [0.25, 0.3) is 10.9 Å². The van der Waals surface area contributed by atoms with E-state index < -0.39 is 7.37 Å². The molecule has 1 aromatic heterocycles. The first-order valence-electron chi connectivity index (χ1n) is 8.30. The second kappa shape index (κ2) is 7.08. The van der Waals surface area contributed by atoms with Crippen LogP contribution < -0.4 is 9.64 Å². The van der Waals surface area contributed by atoms with E-state index in [1.807, 2.05) is 18.2 Å². The van der Waals surface area contributed by atoms with Crippen molar-refractivity contribution in [2.24, 2.45) is 5.92 Å². The third kappa shape index (κ3) is 3.87. The number of hydrogen-bond donors (Lipinski definition) is 1. The van der Waals surface area contributed by atoms with E-state index >= 15 is 0 Å². The Morgan fingerprint density at radius 3 is 2.75 bits per heavy atom. The summed E-state index contributed by atoms with van der Waals surface area (Å²) in [5.74, 6) is 2.22. The van der Waals surface area contributed by atoms with Crippen molar-refractivity contribution in [1.82, 2.24) is 9.97 Å². The second-order valence-electron chi connectivity index (χ2n) is 6.55. The summed E-state index contributed by atoms with van der Waals surface area (Å²) < 4.78 is 16.9. The summed E-state index contributed by atoms with van der Waals surface area (Å²) >= 11 is 0. The molecule has 3 rings (SSSR count). The van der Waals surface area contributed by atoms with Gasteiger partial charge in [0.05, 0.1) is 7.11 Å². The van der Waals surface area contributed by atoms with Crippen molar-refractivity contribution in [3.63, 3.8) is 0 Å². The highest BCUT2D eigenvalue weighted by Gasteiger charge is 2.23. The highest BCUT2D eigenvalue weighted by molar-refractivity contribution is 7.57. The van der Waals surface area contributed by atoms with Crippen LogP contribution in [0.2, 0.25) is 0 Å². The summed E-state index contributed by atoms with van der Waals surface area (Å²) in [4.78, 5) is 20.6. The first-order valence-corrected chi connectivity index (χ1v) is 10.6. The fraction of sp³-hybridized carbons (Fsp3) is 0.529. The van der Waals surface area contributed by atoms with E-state index in [2.05, 4.69) is 14.9 Å². The zero-order chi connectivity index (χ0) is 17.2. The Morgan fingerprint density at radius 1 is 1.33 bits per heavy atom. The first kappa shape index (κ1) is 17.2. The zero-order valence-corrected chi connectivity index (χ0v) is 15.1. The van der Waals surface area contributed by atoms with E-state index in [0.717, 1.165) is 54.8 Å². The Morgan fingerprint density at radius 2 is 2.08 bits per heavy atom. The van der Waals surface area contributed by atoms with E-state index in [1.54, 1.807) is 13.4 Å². The predicted octanol–water partition coefficient (Wildman–Crippen LogP) is 3.15. The van der Waals surface area contributed by atoms with Gasteiger partial charge >= 0.3 is 0 Å². The number of piperidine rings is 1. The summed E-state index contributed by atoms with van der Waals surface area (Å²) in [5, 5.41) is 1.00. The van der Waals surface area contributed by atoms with Gasteiger partial charge in [-0.1, -0.05) is 6.07 Å². The van der Waals surface area contributed by atoms with E-state index in [9.17, 15) is 9.46 Å². The van der Waals surface area contributed by atoms with Crippen LogP contribution in [0.3, 0.4) is 0 Å². The van der Waals surface area contributed by atoms with Crippen LogP contribution >= 0.6 is 7.37 Å². The second-order valence-corrected chi connectivity index (χ2v) is 9.10. The van der Waals surface area contributed by atoms with Gasteiger partial charge in [-0.15, -0.1) is 0 Å². The van der Waals surface area contributed by atoms with E-state index in [4.69, 9.17) is 4.74 Å². The molecule has 1 N–H and O–H groups in total. The molecule has 1 aliphatic rings. The van der Waals surface area contributed by atoms with Gasteiger partial charge in [0.2, 0.25) is 0 Å². The standard InChI is InChI=1S/C17H24N3O3P/c1-23-15-5-3-4-14-16(15)18-12-19-17(14)20-9-6-13(7-10-20)8-11-24(2,21)22/h3-5,12-13H,6-11H2,1-2H3,(H,21,22). The van der Waals surface area contributed by atoms with Gasteiger partial charge in [-0.2, -0.15) is 0 Å². The smallest absolute Gasteiger partial charge is 0.197 e. The monoisotopic (exact) mass is 349 g/mol. The number of benzene rings is 1. The van der Waals surface area contributed by atoms with Gasteiger partial charge in [0.25, 0.3) is 0 Å². The number of aromatic nitrogens is 2.